The minimum absolute atomic E-state index is 0.320. The van der Waals surface area contributed by atoms with Crippen molar-refractivity contribution in [3.63, 3.8) is 0 Å². The summed E-state index contributed by atoms with van der Waals surface area (Å²) in [7, 11) is 1.71. The normalized spacial score (nSPS) is 12.5. The van der Waals surface area contributed by atoms with Crippen LogP contribution in [0.5, 0.6) is 0 Å². The molecule has 0 radical (unpaired) electrons. The first-order chi connectivity index (χ1) is 10.2. The summed E-state index contributed by atoms with van der Waals surface area (Å²) in [5.41, 5.74) is 2.26. The Morgan fingerprint density at radius 1 is 1.38 bits per heavy atom. The standard InChI is InChI=1S/C16H21ClN2OS/c1-12-11-21-16(19-12)9-13(10-18-7-8-20-2)14-5-3-4-6-15(14)17/h3-6,11,13,18H,7-10H2,1-2H3. The molecule has 2 rings (SSSR count). The van der Waals surface area contributed by atoms with Crippen LogP contribution in [-0.4, -0.2) is 31.8 Å². The van der Waals surface area contributed by atoms with E-state index in [9.17, 15) is 0 Å². The number of nitrogens with zero attached hydrogens (tertiary/aromatic N) is 1. The van der Waals surface area contributed by atoms with Crippen molar-refractivity contribution in [2.75, 3.05) is 26.8 Å². The lowest BCUT2D eigenvalue weighted by Gasteiger charge is -2.18. The third-order valence-corrected chi connectivity index (χ3v) is 4.64. The molecule has 5 heteroatoms. The number of nitrogens with one attached hydrogen (secondary N) is 1. The van der Waals surface area contributed by atoms with Crippen LogP contribution < -0.4 is 5.32 Å². The molecule has 21 heavy (non-hydrogen) atoms. The number of hydrogen-bond acceptors (Lipinski definition) is 4. The zero-order chi connectivity index (χ0) is 15.1. The van der Waals surface area contributed by atoms with Gasteiger partial charge in [0.2, 0.25) is 0 Å². The van der Waals surface area contributed by atoms with Gasteiger partial charge in [-0.2, -0.15) is 0 Å². The molecular weight excluding hydrogens is 304 g/mol. The van der Waals surface area contributed by atoms with Crippen molar-refractivity contribution in [2.45, 2.75) is 19.3 Å². The summed E-state index contributed by atoms with van der Waals surface area (Å²) < 4.78 is 5.08. The number of aryl methyl sites for hydroxylation is 1. The van der Waals surface area contributed by atoms with E-state index in [-0.39, 0.29) is 0 Å². The highest BCUT2D eigenvalue weighted by atomic mass is 35.5. The first-order valence-corrected chi connectivity index (χ1v) is 8.31. The summed E-state index contributed by atoms with van der Waals surface area (Å²) >= 11 is 8.08. The molecule has 0 spiro atoms. The minimum Gasteiger partial charge on any atom is -0.383 e. The molecular formula is C16H21ClN2OS. The van der Waals surface area contributed by atoms with E-state index in [1.807, 2.05) is 25.1 Å². The van der Waals surface area contributed by atoms with Gasteiger partial charge < -0.3 is 10.1 Å². The Hall–Kier alpha value is -0.940. The summed E-state index contributed by atoms with van der Waals surface area (Å²) in [6.45, 7) is 4.45. The van der Waals surface area contributed by atoms with Gasteiger partial charge in [-0.1, -0.05) is 29.8 Å². The van der Waals surface area contributed by atoms with Gasteiger partial charge in [-0.25, -0.2) is 4.98 Å². The second-order valence-electron chi connectivity index (χ2n) is 5.00. The van der Waals surface area contributed by atoms with E-state index in [0.717, 1.165) is 35.2 Å². The minimum atomic E-state index is 0.320. The Labute approximate surface area is 135 Å². The molecule has 0 bridgehead atoms. The summed E-state index contributed by atoms with van der Waals surface area (Å²) in [5, 5.41) is 7.51. The fraction of sp³-hybridized carbons (Fsp3) is 0.438. The van der Waals surface area contributed by atoms with E-state index in [1.54, 1.807) is 18.4 Å². The smallest absolute Gasteiger partial charge is 0.0934 e. The summed E-state index contributed by atoms with van der Waals surface area (Å²) in [4.78, 5) is 4.57. The molecule has 0 aliphatic carbocycles. The van der Waals surface area contributed by atoms with E-state index in [1.165, 1.54) is 5.56 Å². The van der Waals surface area contributed by atoms with Crippen LogP contribution in [0, 0.1) is 6.92 Å². The molecule has 0 aliphatic rings. The topological polar surface area (TPSA) is 34.1 Å². The highest BCUT2D eigenvalue weighted by Crippen LogP contribution is 2.28. The fourth-order valence-corrected chi connectivity index (χ4v) is 3.40. The van der Waals surface area contributed by atoms with Gasteiger partial charge in [-0.3, -0.25) is 0 Å². The molecule has 2 aromatic rings. The average Bonchev–Trinajstić information content (AvgIpc) is 2.88. The first-order valence-electron chi connectivity index (χ1n) is 7.05. The van der Waals surface area contributed by atoms with E-state index in [2.05, 4.69) is 21.7 Å². The number of ether oxygens (including phenoxy) is 1. The zero-order valence-electron chi connectivity index (χ0n) is 12.4. The Morgan fingerprint density at radius 3 is 2.86 bits per heavy atom. The number of benzene rings is 1. The van der Waals surface area contributed by atoms with Crippen molar-refractivity contribution in [1.82, 2.24) is 10.3 Å². The molecule has 1 aromatic heterocycles. The van der Waals surface area contributed by atoms with Crippen molar-refractivity contribution in [2.24, 2.45) is 0 Å². The van der Waals surface area contributed by atoms with Crippen LogP contribution in [0.25, 0.3) is 0 Å². The van der Waals surface area contributed by atoms with Crippen molar-refractivity contribution in [1.29, 1.82) is 0 Å². The molecule has 1 heterocycles. The van der Waals surface area contributed by atoms with Gasteiger partial charge >= 0.3 is 0 Å². The molecule has 114 valence electrons. The Kier molecular flexibility index (Phi) is 6.64. The van der Waals surface area contributed by atoms with E-state index in [0.29, 0.717) is 12.5 Å². The second kappa shape index (κ2) is 8.49. The first kappa shape index (κ1) is 16.4. The van der Waals surface area contributed by atoms with Gasteiger partial charge in [0.05, 0.1) is 11.6 Å². The van der Waals surface area contributed by atoms with Gasteiger partial charge in [0.15, 0.2) is 0 Å². The third kappa shape index (κ3) is 5.08. The molecule has 0 amide bonds. The van der Waals surface area contributed by atoms with Gasteiger partial charge in [-0.05, 0) is 18.6 Å². The maximum Gasteiger partial charge on any atom is 0.0934 e. The van der Waals surface area contributed by atoms with E-state index >= 15 is 0 Å². The maximum atomic E-state index is 6.36. The number of aromatic nitrogens is 1. The second-order valence-corrected chi connectivity index (χ2v) is 6.35. The van der Waals surface area contributed by atoms with Crippen molar-refractivity contribution < 1.29 is 4.74 Å². The quantitative estimate of drug-likeness (QED) is 0.752. The summed E-state index contributed by atoms with van der Waals surface area (Å²) in [6, 6.07) is 8.06. The van der Waals surface area contributed by atoms with Crippen LogP contribution in [-0.2, 0) is 11.2 Å². The predicted molar refractivity (Wildman–Crippen MR) is 89.5 cm³/mol. The molecule has 1 N–H and O–H groups in total. The maximum absolute atomic E-state index is 6.36. The monoisotopic (exact) mass is 324 g/mol. The summed E-state index contributed by atoms with van der Waals surface area (Å²) in [6.07, 6.45) is 0.905. The van der Waals surface area contributed by atoms with Crippen molar-refractivity contribution in [3.8, 4) is 0 Å². The Morgan fingerprint density at radius 2 is 2.19 bits per heavy atom. The van der Waals surface area contributed by atoms with Crippen LogP contribution in [0.1, 0.15) is 22.2 Å². The average molecular weight is 325 g/mol. The molecule has 1 aromatic carbocycles. The van der Waals surface area contributed by atoms with Crippen LogP contribution in [0.15, 0.2) is 29.6 Å². The Bertz CT molecular complexity index is 559. The summed E-state index contributed by atoms with van der Waals surface area (Å²) in [5.74, 6) is 0.320. The molecule has 0 saturated carbocycles. The lowest BCUT2D eigenvalue weighted by Crippen LogP contribution is -2.26. The van der Waals surface area contributed by atoms with Crippen LogP contribution in [0.3, 0.4) is 0 Å². The van der Waals surface area contributed by atoms with Gasteiger partial charge in [-0.15, -0.1) is 11.3 Å². The number of hydrogen-bond donors (Lipinski definition) is 1. The van der Waals surface area contributed by atoms with Gasteiger partial charge in [0.1, 0.15) is 0 Å². The SMILES string of the molecule is COCCNCC(Cc1nc(C)cs1)c1ccccc1Cl. The van der Waals surface area contributed by atoms with E-state index in [4.69, 9.17) is 16.3 Å². The molecule has 1 unspecified atom stereocenters. The van der Waals surface area contributed by atoms with Crippen LogP contribution in [0.4, 0.5) is 0 Å². The number of rotatable bonds is 8. The van der Waals surface area contributed by atoms with Crippen molar-refractivity contribution >= 4 is 22.9 Å². The number of methoxy groups -OCH3 is 1. The van der Waals surface area contributed by atoms with Crippen LogP contribution in [0.2, 0.25) is 5.02 Å². The number of thiazole rings is 1. The Balaban J connectivity index is 2.08. The van der Waals surface area contributed by atoms with Crippen LogP contribution >= 0.6 is 22.9 Å². The number of halogens is 1. The van der Waals surface area contributed by atoms with Gasteiger partial charge in [0.25, 0.3) is 0 Å². The highest BCUT2D eigenvalue weighted by Gasteiger charge is 2.16. The molecule has 0 fully saturated rings. The molecule has 0 saturated heterocycles. The zero-order valence-corrected chi connectivity index (χ0v) is 14.0. The lowest BCUT2D eigenvalue weighted by atomic mass is 9.95. The van der Waals surface area contributed by atoms with Gasteiger partial charge in [0, 0.05) is 48.6 Å². The predicted octanol–water partition coefficient (Wildman–Crippen LogP) is 3.67. The highest BCUT2D eigenvalue weighted by molar-refractivity contribution is 7.09. The molecule has 0 aliphatic heterocycles. The molecule has 1 atom stereocenters. The largest absolute Gasteiger partial charge is 0.383 e. The lowest BCUT2D eigenvalue weighted by molar-refractivity contribution is 0.199. The molecule has 3 nitrogen and oxygen atoms in total. The van der Waals surface area contributed by atoms with E-state index < -0.39 is 0 Å². The third-order valence-electron chi connectivity index (χ3n) is 3.31. The van der Waals surface area contributed by atoms with Crippen molar-refractivity contribution in [3.05, 3.63) is 50.9 Å². The fourth-order valence-electron chi connectivity index (χ4n) is 2.26.